The first kappa shape index (κ1) is 15.6. The molecule has 2 aliphatic carbocycles. The van der Waals surface area contributed by atoms with Gasteiger partial charge in [-0.3, -0.25) is 9.78 Å². The number of carbonyl (C=O) groups is 1. The largest absolute Gasteiger partial charge is 0.357 e. The lowest BCUT2D eigenvalue weighted by Gasteiger charge is -2.24. The monoisotopic (exact) mass is 367 g/mol. The lowest BCUT2D eigenvalue weighted by molar-refractivity contribution is 0.0917. The van der Waals surface area contributed by atoms with Gasteiger partial charge < -0.3 is 10.3 Å². The zero-order chi connectivity index (χ0) is 18.9. The number of hydrogen-bond acceptors (Lipinski definition) is 4. The molecular formula is C22H17N5O. The van der Waals surface area contributed by atoms with Crippen LogP contribution in [0.15, 0.2) is 30.6 Å². The minimum atomic E-state index is -0.00206. The highest BCUT2D eigenvalue weighted by Crippen LogP contribution is 2.45. The third-order valence-corrected chi connectivity index (χ3v) is 6.23. The number of carbonyl (C=O) groups excluding carboxylic acids is 1. The molecule has 1 spiro atoms. The molecule has 6 nitrogen and oxygen atoms in total. The van der Waals surface area contributed by atoms with Gasteiger partial charge in [-0.1, -0.05) is 0 Å². The van der Waals surface area contributed by atoms with Crippen molar-refractivity contribution in [3.05, 3.63) is 58.7 Å². The molecule has 2 N–H and O–H groups in total. The minimum absolute atomic E-state index is 0.00206. The minimum Gasteiger partial charge on any atom is -0.357 e. The van der Waals surface area contributed by atoms with Crippen LogP contribution in [0.25, 0.3) is 22.5 Å². The summed E-state index contributed by atoms with van der Waals surface area (Å²) in [5.74, 6) is 0.0743. The van der Waals surface area contributed by atoms with Crippen molar-refractivity contribution in [2.24, 2.45) is 0 Å². The Morgan fingerprint density at radius 2 is 2.04 bits per heavy atom. The molecule has 4 heterocycles. The van der Waals surface area contributed by atoms with E-state index in [9.17, 15) is 4.79 Å². The lowest BCUT2D eigenvalue weighted by atomic mass is 9.87. The number of aryl methyl sites for hydroxylation is 1. The van der Waals surface area contributed by atoms with Gasteiger partial charge in [-0.2, -0.15) is 5.26 Å². The van der Waals surface area contributed by atoms with Crippen LogP contribution in [0, 0.1) is 11.3 Å². The van der Waals surface area contributed by atoms with Gasteiger partial charge in [0, 0.05) is 41.2 Å². The Balaban J connectivity index is 1.47. The average molecular weight is 367 g/mol. The van der Waals surface area contributed by atoms with Crippen molar-refractivity contribution in [3.63, 3.8) is 0 Å². The fraction of sp³-hybridized carbons (Fsp3) is 0.273. The zero-order valence-corrected chi connectivity index (χ0v) is 15.2. The van der Waals surface area contributed by atoms with E-state index in [2.05, 4.69) is 26.3 Å². The Morgan fingerprint density at radius 3 is 2.79 bits per heavy atom. The molecule has 1 fully saturated rings. The molecule has 0 unspecified atom stereocenters. The molecule has 136 valence electrons. The first-order chi connectivity index (χ1) is 13.7. The van der Waals surface area contributed by atoms with E-state index in [1.165, 1.54) is 5.56 Å². The fourth-order valence-electron chi connectivity index (χ4n) is 4.57. The summed E-state index contributed by atoms with van der Waals surface area (Å²) in [5, 5.41) is 12.2. The molecule has 0 bridgehead atoms. The van der Waals surface area contributed by atoms with Gasteiger partial charge in [-0.25, -0.2) is 4.98 Å². The Morgan fingerprint density at radius 1 is 1.14 bits per heavy atom. The van der Waals surface area contributed by atoms with Gasteiger partial charge in [-0.05, 0) is 55.0 Å². The molecule has 6 heteroatoms. The van der Waals surface area contributed by atoms with E-state index < -0.39 is 0 Å². The number of aromatic nitrogens is 3. The standard InChI is InChI=1S/C22H17N5O/c23-9-14-3-1-13(11-24-14)17-7-16-12(10-25-17)2-4-15-19-18(26-20(15)16)8-22(5-6-22)27-21(19)28/h1,3,7,10-11,26H,2,4-6,8H2,(H,27,28). The maximum Gasteiger partial charge on any atom is 0.253 e. The quantitative estimate of drug-likeness (QED) is 0.691. The van der Waals surface area contributed by atoms with Gasteiger partial charge in [0.1, 0.15) is 11.8 Å². The first-order valence-electron chi connectivity index (χ1n) is 9.58. The summed E-state index contributed by atoms with van der Waals surface area (Å²) >= 11 is 0. The van der Waals surface area contributed by atoms with Crippen LogP contribution in [0.5, 0.6) is 0 Å². The molecule has 3 aliphatic rings. The third-order valence-electron chi connectivity index (χ3n) is 6.23. The Bertz CT molecular complexity index is 1190. The maximum absolute atomic E-state index is 12.8. The van der Waals surface area contributed by atoms with E-state index >= 15 is 0 Å². The summed E-state index contributed by atoms with van der Waals surface area (Å²) in [6.45, 7) is 0. The molecule has 1 amide bonds. The molecular weight excluding hydrogens is 350 g/mol. The van der Waals surface area contributed by atoms with Crippen molar-refractivity contribution < 1.29 is 4.79 Å². The smallest absolute Gasteiger partial charge is 0.253 e. The van der Waals surface area contributed by atoms with Gasteiger partial charge in [0.15, 0.2) is 0 Å². The number of pyridine rings is 2. The molecule has 3 aromatic rings. The first-order valence-corrected chi connectivity index (χ1v) is 9.58. The van der Waals surface area contributed by atoms with Crippen molar-refractivity contribution in [3.8, 4) is 28.6 Å². The van der Waals surface area contributed by atoms with Crippen LogP contribution in [0.4, 0.5) is 0 Å². The number of fused-ring (bicyclic) bond motifs is 5. The lowest BCUT2D eigenvalue weighted by Crippen LogP contribution is -2.43. The van der Waals surface area contributed by atoms with Gasteiger partial charge in [0.25, 0.3) is 5.91 Å². The van der Waals surface area contributed by atoms with Crippen molar-refractivity contribution in [1.29, 1.82) is 5.26 Å². The molecule has 0 aromatic carbocycles. The summed E-state index contributed by atoms with van der Waals surface area (Å²) < 4.78 is 0. The van der Waals surface area contributed by atoms with E-state index in [4.69, 9.17) is 5.26 Å². The highest BCUT2D eigenvalue weighted by Gasteiger charge is 2.49. The topological polar surface area (TPSA) is 94.5 Å². The number of nitrogens with one attached hydrogen (secondary N) is 2. The van der Waals surface area contributed by atoms with Gasteiger partial charge in [0.05, 0.1) is 17.0 Å². The summed E-state index contributed by atoms with van der Waals surface area (Å²) in [5.41, 5.74) is 8.52. The van der Waals surface area contributed by atoms with E-state index in [-0.39, 0.29) is 11.4 Å². The molecule has 0 atom stereocenters. The number of hydrogen-bond donors (Lipinski definition) is 2. The molecule has 0 radical (unpaired) electrons. The van der Waals surface area contributed by atoms with Crippen LogP contribution < -0.4 is 5.32 Å². The van der Waals surface area contributed by atoms with Crippen LogP contribution in [0.3, 0.4) is 0 Å². The number of H-pyrrole nitrogens is 1. The number of aromatic amines is 1. The van der Waals surface area contributed by atoms with Crippen molar-refractivity contribution >= 4 is 5.91 Å². The Labute approximate surface area is 161 Å². The van der Waals surface area contributed by atoms with Crippen LogP contribution in [-0.2, 0) is 19.3 Å². The molecule has 1 saturated carbocycles. The summed E-state index contributed by atoms with van der Waals surface area (Å²) in [6, 6.07) is 7.68. The van der Waals surface area contributed by atoms with Gasteiger partial charge >= 0.3 is 0 Å². The van der Waals surface area contributed by atoms with Crippen molar-refractivity contribution in [2.75, 3.05) is 0 Å². The zero-order valence-electron chi connectivity index (χ0n) is 15.2. The summed E-state index contributed by atoms with van der Waals surface area (Å²) in [7, 11) is 0. The van der Waals surface area contributed by atoms with Crippen LogP contribution in [-0.4, -0.2) is 26.4 Å². The number of amides is 1. The number of nitriles is 1. The molecule has 28 heavy (non-hydrogen) atoms. The Kier molecular flexibility index (Phi) is 2.95. The van der Waals surface area contributed by atoms with Crippen LogP contribution >= 0.6 is 0 Å². The third kappa shape index (κ3) is 2.16. The second-order valence-corrected chi connectivity index (χ2v) is 8.01. The van der Waals surface area contributed by atoms with Crippen molar-refractivity contribution in [1.82, 2.24) is 20.3 Å². The number of rotatable bonds is 1. The predicted molar refractivity (Wildman–Crippen MR) is 103 cm³/mol. The number of nitrogens with zero attached hydrogens (tertiary/aromatic N) is 3. The van der Waals surface area contributed by atoms with E-state index in [0.717, 1.165) is 71.4 Å². The molecule has 3 aromatic heterocycles. The molecule has 6 rings (SSSR count). The van der Waals surface area contributed by atoms with Crippen LogP contribution in [0.2, 0.25) is 0 Å². The fourth-order valence-corrected chi connectivity index (χ4v) is 4.57. The molecule has 0 saturated heterocycles. The second kappa shape index (κ2) is 5.29. The Hall–Kier alpha value is -3.46. The average Bonchev–Trinajstić information content (AvgIpc) is 3.34. The highest BCUT2D eigenvalue weighted by molar-refractivity contribution is 6.01. The van der Waals surface area contributed by atoms with Crippen molar-refractivity contribution in [2.45, 2.75) is 37.6 Å². The van der Waals surface area contributed by atoms with Gasteiger partial charge in [-0.15, -0.1) is 0 Å². The van der Waals surface area contributed by atoms with E-state index in [0.29, 0.717) is 5.69 Å². The summed E-state index contributed by atoms with van der Waals surface area (Å²) in [6.07, 6.45) is 8.37. The van der Waals surface area contributed by atoms with E-state index in [1.807, 2.05) is 18.3 Å². The van der Waals surface area contributed by atoms with Crippen LogP contribution in [0.1, 0.15) is 45.7 Å². The van der Waals surface area contributed by atoms with Gasteiger partial charge in [0.2, 0.25) is 0 Å². The van der Waals surface area contributed by atoms with E-state index in [1.54, 1.807) is 12.3 Å². The summed E-state index contributed by atoms with van der Waals surface area (Å²) in [4.78, 5) is 25.1. The highest BCUT2D eigenvalue weighted by atomic mass is 16.2. The maximum atomic E-state index is 12.8. The normalized spacial score (nSPS) is 17.9. The SMILES string of the molecule is N#Cc1ccc(-c2cc3c(cn2)CCc2c-3[nH]c3c2C(=O)NC2(CC2)C3)cn1. The second-order valence-electron chi connectivity index (χ2n) is 8.01. The molecule has 1 aliphatic heterocycles. The predicted octanol–water partition coefficient (Wildman–Crippen LogP) is 2.93.